The zero-order chi connectivity index (χ0) is 23.1. The van der Waals surface area contributed by atoms with Gasteiger partial charge in [-0.15, -0.1) is 22.7 Å². The van der Waals surface area contributed by atoms with Crippen molar-refractivity contribution in [1.29, 1.82) is 0 Å². The van der Waals surface area contributed by atoms with Gasteiger partial charge in [0.15, 0.2) is 0 Å². The Kier molecular flexibility index (Phi) is 6.03. The summed E-state index contributed by atoms with van der Waals surface area (Å²) in [5.41, 5.74) is 1.95. The van der Waals surface area contributed by atoms with E-state index in [1.165, 1.54) is 4.88 Å². The molecule has 7 nitrogen and oxygen atoms in total. The molecule has 0 unspecified atom stereocenters. The Hall–Kier alpha value is -2.62. The molecule has 1 saturated heterocycles. The van der Waals surface area contributed by atoms with Crippen LogP contribution in [0, 0.1) is 13.8 Å². The summed E-state index contributed by atoms with van der Waals surface area (Å²) in [6.07, 6.45) is 0. The van der Waals surface area contributed by atoms with Crippen LogP contribution in [0.2, 0.25) is 0 Å². The fourth-order valence-electron chi connectivity index (χ4n) is 4.17. The maximum atomic E-state index is 12.9. The Morgan fingerprint density at radius 2 is 1.88 bits per heavy atom. The number of hydrogen-bond acceptors (Lipinski definition) is 8. The molecule has 9 heteroatoms. The minimum Gasteiger partial charge on any atom is -0.354 e. The molecule has 1 aliphatic rings. The first-order valence-corrected chi connectivity index (χ1v) is 13.0. The van der Waals surface area contributed by atoms with E-state index in [9.17, 15) is 4.79 Å². The van der Waals surface area contributed by atoms with Crippen LogP contribution in [0.3, 0.4) is 0 Å². The molecule has 0 spiro atoms. The Morgan fingerprint density at radius 3 is 2.58 bits per heavy atom. The van der Waals surface area contributed by atoms with Crippen molar-refractivity contribution >= 4 is 38.7 Å². The minimum absolute atomic E-state index is 0.0476. The number of rotatable bonds is 5. The smallest absolute Gasteiger partial charge is 0.260 e. The highest BCUT2D eigenvalue weighted by Crippen LogP contribution is 2.35. The molecule has 0 amide bonds. The number of H-pyrrole nitrogens is 1. The molecule has 1 N–H and O–H groups in total. The van der Waals surface area contributed by atoms with Gasteiger partial charge in [-0.3, -0.25) is 9.69 Å². The van der Waals surface area contributed by atoms with Crippen LogP contribution < -0.4 is 10.5 Å². The summed E-state index contributed by atoms with van der Waals surface area (Å²) < 4.78 is 0. The fraction of sp³-hybridized carbons (Fsp3) is 0.417. The number of fused-ring (bicyclic) bond motifs is 1. The largest absolute Gasteiger partial charge is 0.354 e. The van der Waals surface area contributed by atoms with Crippen LogP contribution in [-0.4, -0.2) is 51.0 Å². The Bertz CT molecular complexity index is 1350. The number of nitrogens with zero attached hydrogens (tertiary/aromatic N) is 5. The zero-order valence-electron chi connectivity index (χ0n) is 19.4. The third-order valence-corrected chi connectivity index (χ3v) is 7.85. The van der Waals surface area contributed by atoms with E-state index < -0.39 is 0 Å². The van der Waals surface area contributed by atoms with Gasteiger partial charge in [-0.2, -0.15) is 0 Å². The van der Waals surface area contributed by atoms with Gasteiger partial charge in [-0.05, 0) is 26.0 Å². The standard InChI is InChI=1S/C24H28N6OS2/c1-14(2)22-25-15(3)11-20(28-22)30-9-7-29(8-10-30)12-19-26-23(31)21-17(13-32-24(21)27-19)18-6-5-16(4)33-18/h5-6,11,13-14H,7-10,12H2,1-4H3,(H,26,27,31). The van der Waals surface area contributed by atoms with E-state index in [0.29, 0.717) is 17.8 Å². The number of aromatic nitrogens is 4. The molecule has 0 radical (unpaired) electrons. The first-order chi connectivity index (χ1) is 15.9. The molecule has 0 bridgehead atoms. The molecular formula is C24H28N6OS2. The first-order valence-electron chi connectivity index (χ1n) is 11.3. The van der Waals surface area contributed by atoms with Crippen molar-refractivity contribution in [3.63, 3.8) is 0 Å². The molecular weight excluding hydrogens is 452 g/mol. The monoisotopic (exact) mass is 480 g/mol. The van der Waals surface area contributed by atoms with Crippen molar-refractivity contribution in [1.82, 2.24) is 24.8 Å². The fourth-order valence-corrected chi connectivity index (χ4v) is 6.09. The second-order valence-electron chi connectivity index (χ2n) is 8.90. The van der Waals surface area contributed by atoms with Crippen LogP contribution in [0.25, 0.3) is 20.7 Å². The van der Waals surface area contributed by atoms with Gasteiger partial charge < -0.3 is 9.88 Å². The SMILES string of the molecule is Cc1cc(N2CCN(Cc3nc4scc(-c5ccc(C)s5)c4c(=O)[nH]3)CC2)nc(C(C)C)n1. The summed E-state index contributed by atoms with van der Waals surface area (Å²) in [6, 6.07) is 6.24. The molecule has 1 fully saturated rings. The van der Waals surface area contributed by atoms with Gasteiger partial charge in [0.2, 0.25) is 0 Å². The number of aromatic amines is 1. The molecule has 4 aromatic heterocycles. The summed E-state index contributed by atoms with van der Waals surface area (Å²) in [4.78, 5) is 37.9. The predicted molar refractivity (Wildman–Crippen MR) is 137 cm³/mol. The molecule has 33 heavy (non-hydrogen) atoms. The molecule has 5 heterocycles. The van der Waals surface area contributed by atoms with E-state index in [2.05, 4.69) is 64.1 Å². The third-order valence-electron chi connectivity index (χ3n) is 5.94. The second-order valence-corrected chi connectivity index (χ2v) is 11.0. The Morgan fingerprint density at radius 1 is 1.09 bits per heavy atom. The van der Waals surface area contributed by atoms with Crippen LogP contribution in [0.5, 0.6) is 0 Å². The van der Waals surface area contributed by atoms with Gasteiger partial charge in [0.05, 0.1) is 11.9 Å². The van der Waals surface area contributed by atoms with Crippen LogP contribution in [0.4, 0.5) is 5.82 Å². The lowest BCUT2D eigenvalue weighted by Gasteiger charge is -2.35. The van der Waals surface area contributed by atoms with Gasteiger partial charge in [-0.1, -0.05) is 13.8 Å². The number of nitrogens with one attached hydrogen (secondary N) is 1. The maximum Gasteiger partial charge on any atom is 0.260 e. The van der Waals surface area contributed by atoms with E-state index in [1.54, 1.807) is 22.7 Å². The predicted octanol–water partition coefficient (Wildman–Crippen LogP) is 4.57. The number of piperazine rings is 1. The van der Waals surface area contributed by atoms with Crippen molar-refractivity contribution in [2.45, 2.75) is 40.2 Å². The van der Waals surface area contributed by atoms with E-state index in [4.69, 9.17) is 9.97 Å². The normalized spacial score (nSPS) is 15.1. The molecule has 4 aromatic rings. The summed E-state index contributed by atoms with van der Waals surface area (Å²) in [7, 11) is 0. The second kappa shape index (κ2) is 8.96. The molecule has 172 valence electrons. The van der Waals surface area contributed by atoms with Gasteiger partial charge in [0.25, 0.3) is 5.56 Å². The highest BCUT2D eigenvalue weighted by Gasteiger charge is 2.21. The van der Waals surface area contributed by atoms with Crippen LogP contribution in [-0.2, 0) is 6.54 Å². The Balaban J connectivity index is 1.29. The highest BCUT2D eigenvalue weighted by atomic mass is 32.1. The number of anilines is 1. The van der Waals surface area contributed by atoms with Crippen LogP contribution in [0.1, 0.15) is 42.0 Å². The molecule has 1 aliphatic heterocycles. The summed E-state index contributed by atoms with van der Waals surface area (Å²) in [6.45, 7) is 12.6. The zero-order valence-corrected chi connectivity index (χ0v) is 21.0. The van der Waals surface area contributed by atoms with Crippen molar-refractivity contribution in [2.24, 2.45) is 0 Å². The summed E-state index contributed by atoms with van der Waals surface area (Å²) in [5, 5.41) is 2.76. The lowest BCUT2D eigenvalue weighted by Crippen LogP contribution is -2.46. The van der Waals surface area contributed by atoms with E-state index in [-0.39, 0.29) is 5.56 Å². The molecule has 0 atom stereocenters. The average Bonchev–Trinajstić information content (AvgIpc) is 3.40. The molecule has 5 rings (SSSR count). The first kappa shape index (κ1) is 22.2. The van der Waals surface area contributed by atoms with E-state index in [0.717, 1.165) is 64.6 Å². The average molecular weight is 481 g/mol. The molecule has 0 aromatic carbocycles. The van der Waals surface area contributed by atoms with Crippen molar-refractivity contribution < 1.29 is 0 Å². The number of hydrogen-bond donors (Lipinski definition) is 1. The van der Waals surface area contributed by atoms with E-state index >= 15 is 0 Å². The number of aryl methyl sites for hydroxylation is 2. The van der Waals surface area contributed by atoms with Gasteiger partial charge in [0, 0.05) is 64.6 Å². The highest BCUT2D eigenvalue weighted by molar-refractivity contribution is 7.19. The van der Waals surface area contributed by atoms with Gasteiger partial charge in [-0.25, -0.2) is 15.0 Å². The van der Waals surface area contributed by atoms with Crippen LogP contribution >= 0.6 is 22.7 Å². The van der Waals surface area contributed by atoms with Crippen molar-refractivity contribution in [2.75, 3.05) is 31.1 Å². The minimum atomic E-state index is -0.0476. The van der Waals surface area contributed by atoms with Gasteiger partial charge >= 0.3 is 0 Å². The molecule has 0 saturated carbocycles. The molecule has 0 aliphatic carbocycles. The maximum absolute atomic E-state index is 12.9. The summed E-state index contributed by atoms with van der Waals surface area (Å²) in [5.74, 6) is 2.95. The van der Waals surface area contributed by atoms with Crippen molar-refractivity contribution in [3.05, 3.63) is 56.2 Å². The lowest BCUT2D eigenvalue weighted by atomic mass is 10.2. The van der Waals surface area contributed by atoms with Crippen molar-refractivity contribution in [3.8, 4) is 10.4 Å². The Labute approximate surface area is 201 Å². The van der Waals surface area contributed by atoms with Gasteiger partial charge in [0.1, 0.15) is 22.3 Å². The summed E-state index contributed by atoms with van der Waals surface area (Å²) >= 11 is 3.25. The van der Waals surface area contributed by atoms with E-state index in [1.807, 2.05) is 6.92 Å². The third kappa shape index (κ3) is 4.58. The number of thiophene rings is 2. The lowest BCUT2D eigenvalue weighted by molar-refractivity contribution is 0.243. The van der Waals surface area contributed by atoms with Crippen LogP contribution in [0.15, 0.2) is 28.4 Å². The quantitative estimate of drug-likeness (QED) is 0.451. The topological polar surface area (TPSA) is 78.0 Å².